The first kappa shape index (κ1) is 21.0. The molecule has 0 atom stereocenters. The molecule has 31 heavy (non-hydrogen) atoms. The summed E-state index contributed by atoms with van der Waals surface area (Å²) >= 11 is 6.46. The molecule has 0 bridgehead atoms. The van der Waals surface area contributed by atoms with Crippen molar-refractivity contribution in [2.45, 2.75) is 12.6 Å². The average Bonchev–Trinajstić information content (AvgIpc) is 3.36. The Morgan fingerprint density at radius 2 is 1.84 bits per heavy atom. The molecule has 0 fully saturated rings. The van der Waals surface area contributed by atoms with Gasteiger partial charge in [0.1, 0.15) is 0 Å². The molecule has 4 rings (SSSR count). The van der Waals surface area contributed by atoms with Gasteiger partial charge in [0.25, 0.3) is 5.91 Å². The van der Waals surface area contributed by atoms with E-state index in [1.165, 1.54) is 23.5 Å². The van der Waals surface area contributed by atoms with Crippen LogP contribution in [0.4, 0.5) is 18.3 Å². The lowest BCUT2D eigenvalue weighted by Crippen LogP contribution is -2.11. The highest BCUT2D eigenvalue weighted by Gasteiger charge is 2.29. The quantitative estimate of drug-likeness (QED) is 0.367. The minimum Gasteiger partial charge on any atom is -0.337 e. The number of hydrogen-bond acceptors (Lipinski definition) is 4. The summed E-state index contributed by atoms with van der Waals surface area (Å²) in [7, 11) is 0. The number of aromatic nitrogens is 3. The first-order valence-electron chi connectivity index (χ1n) is 9.08. The largest absolute Gasteiger partial charge is 0.416 e. The van der Waals surface area contributed by atoms with Crippen LogP contribution < -0.4 is 5.32 Å². The van der Waals surface area contributed by atoms with Crippen LogP contribution in [-0.2, 0) is 12.6 Å². The maximum Gasteiger partial charge on any atom is 0.416 e. The number of imidazole rings is 1. The summed E-state index contributed by atoms with van der Waals surface area (Å²) in [4.78, 5) is 20.4. The second-order valence-electron chi connectivity index (χ2n) is 6.64. The number of H-pyrrole nitrogens is 1. The molecule has 0 aliphatic carbocycles. The van der Waals surface area contributed by atoms with Gasteiger partial charge in [-0.15, -0.1) is 11.3 Å². The topological polar surface area (TPSA) is 62.7 Å². The monoisotopic (exact) mass is 460 g/mol. The van der Waals surface area contributed by atoms with Gasteiger partial charge in [-0.25, -0.2) is 4.98 Å². The third-order valence-corrected chi connectivity index (χ3v) is 5.72. The molecule has 2 aromatic carbocycles. The van der Waals surface area contributed by atoms with Crippen LogP contribution in [0, 0.1) is 4.77 Å². The lowest BCUT2D eigenvalue weighted by molar-refractivity contribution is -0.137. The van der Waals surface area contributed by atoms with Crippen LogP contribution in [0.5, 0.6) is 0 Å². The van der Waals surface area contributed by atoms with Crippen molar-refractivity contribution in [3.8, 4) is 5.69 Å². The summed E-state index contributed by atoms with van der Waals surface area (Å²) in [5, 5.41) is 3.17. The highest BCUT2D eigenvalue weighted by Crippen LogP contribution is 2.30. The number of thiazole rings is 1. The number of hydrogen-bond donors (Lipinski definition) is 2. The summed E-state index contributed by atoms with van der Waals surface area (Å²) in [5.74, 6) is -0.306. The Labute approximate surface area is 184 Å². The molecule has 1 amide bonds. The molecule has 0 unspecified atom stereocenters. The first-order valence-corrected chi connectivity index (χ1v) is 10.3. The predicted molar refractivity (Wildman–Crippen MR) is 115 cm³/mol. The van der Waals surface area contributed by atoms with E-state index in [1.807, 2.05) is 0 Å². The van der Waals surface area contributed by atoms with E-state index in [0.717, 1.165) is 28.3 Å². The fraction of sp³-hybridized carbons (Fsp3) is 0.0952. The van der Waals surface area contributed by atoms with Crippen molar-refractivity contribution in [3.63, 3.8) is 0 Å². The van der Waals surface area contributed by atoms with Gasteiger partial charge in [-0.05, 0) is 54.2 Å². The van der Waals surface area contributed by atoms with Gasteiger partial charge in [0.2, 0.25) is 0 Å². The van der Waals surface area contributed by atoms with E-state index in [4.69, 9.17) is 12.2 Å². The van der Waals surface area contributed by atoms with E-state index in [0.29, 0.717) is 21.9 Å². The Morgan fingerprint density at radius 3 is 2.45 bits per heavy atom. The lowest BCUT2D eigenvalue weighted by Gasteiger charge is -2.07. The van der Waals surface area contributed by atoms with Gasteiger partial charge in [-0.3, -0.25) is 14.7 Å². The van der Waals surface area contributed by atoms with E-state index < -0.39 is 11.7 Å². The van der Waals surface area contributed by atoms with E-state index in [1.54, 1.807) is 47.4 Å². The normalized spacial score (nSPS) is 11.5. The van der Waals surface area contributed by atoms with Crippen LogP contribution in [0.25, 0.3) is 5.69 Å². The fourth-order valence-electron chi connectivity index (χ4n) is 2.93. The van der Waals surface area contributed by atoms with Gasteiger partial charge >= 0.3 is 6.18 Å². The molecular formula is C21H15F3N4OS2. The zero-order chi connectivity index (χ0) is 22.0. The van der Waals surface area contributed by atoms with Crippen LogP contribution >= 0.6 is 23.6 Å². The zero-order valence-corrected chi connectivity index (χ0v) is 17.4. The Balaban J connectivity index is 1.40. The first-order chi connectivity index (χ1) is 14.8. The summed E-state index contributed by atoms with van der Waals surface area (Å²) in [6, 6.07) is 12.0. The predicted octanol–water partition coefficient (Wildman–Crippen LogP) is 5.85. The van der Waals surface area contributed by atoms with Crippen molar-refractivity contribution in [2.75, 3.05) is 5.32 Å². The zero-order valence-electron chi connectivity index (χ0n) is 15.8. The van der Waals surface area contributed by atoms with E-state index in [9.17, 15) is 18.0 Å². The summed E-state index contributed by atoms with van der Waals surface area (Å²) in [6.45, 7) is 0. The molecule has 0 aliphatic heterocycles. The average molecular weight is 461 g/mol. The molecule has 10 heteroatoms. The third kappa shape index (κ3) is 4.92. The molecule has 158 valence electrons. The second-order valence-corrected chi connectivity index (χ2v) is 8.14. The Morgan fingerprint density at radius 1 is 1.13 bits per heavy atom. The number of amides is 1. The second kappa shape index (κ2) is 8.48. The SMILES string of the molecule is O=C(Nc1ncc(Cc2ccc(C(F)(F)F)cc2)s1)c1ccc(-n2cc[nH]c2=S)cc1. The van der Waals surface area contributed by atoms with Crippen molar-refractivity contribution in [1.82, 2.24) is 14.5 Å². The molecule has 0 radical (unpaired) electrons. The minimum atomic E-state index is -4.35. The van der Waals surface area contributed by atoms with Crippen molar-refractivity contribution in [3.05, 3.63) is 93.5 Å². The summed E-state index contributed by atoms with van der Waals surface area (Å²) in [6.07, 6.45) is 1.21. The molecule has 5 nitrogen and oxygen atoms in total. The summed E-state index contributed by atoms with van der Waals surface area (Å²) in [5.41, 5.74) is 1.34. The fourth-order valence-corrected chi connectivity index (χ4v) is 4.00. The third-order valence-electron chi connectivity index (χ3n) is 4.49. The van der Waals surface area contributed by atoms with E-state index >= 15 is 0 Å². The molecule has 0 aliphatic rings. The number of nitrogens with zero attached hydrogens (tertiary/aromatic N) is 2. The van der Waals surface area contributed by atoms with Crippen LogP contribution in [0.15, 0.2) is 67.1 Å². The Kier molecular flexibility index (Phi) is 5.75. The van der Waals surface area contributed by atoms with Crippen LogP contribution in [0.1, 0.15) is 26.4 Å². The number of halogens is 3. The number of aromatic amines is 1. The van der Waals surface area contributed by atoms with E-state index in [2.05, 4.69) is 15.3 Å². The smallest absolute Gasteiger partial charge is 0.337 e. The van der Waals surface area contributed by atoms with Gasteiger partial charge in [0.05, 0.1) is 5.56 Å². The van der Waals surface area contributed by atoms with Crippen LogP contribution in [0.2, 0.25) is 0 Å². The number of carbonyl (C=O) groups is 1. The molecule has 2 aromatic heterocycles. The lowest BCUT2D eigenvalue weighted by atomic mass is 10.1. The number of rotatable bonds is 5. The van der Waals surface area contributed by atoms with Crippen molar-refractivity contribution in [2.24, 2.45) is 0 Å². The van der Waals surface area contributed by atoms with Gasteiger partial charge in [-0.1, -0.05) is 12.1 Å². The maximum atomic E-state index is 12.7. The van der Waals surface area contributed by atoms with Crippen molar-refractivity contribution < 1.29 is 18.0 Å². The number of alkyl halides is 3. The number of anilines is 1. The maximum absolute atomic E-state index is 12.7. The highest BCUT2D eigenvalue weighted by atomic mass is 32.1. The molecule has 4 aromatic rings. The molecule has 2 N–H and O–H groups in total. The van der Waals surface area contributed by atoms with E-state index in [-0.39, 0.29) is 5.91 Å². The summed E-state index contributed by atoms with van der Waals surface area (Å²) < 4.78 is 40.3. The number of nitrogens with one attached hydrogen (secondary N) is 2. The van der Waals surface area contributed by atoms with Crippen LogP contribution in [0.3, 0.4) is 0 Å². The molecule has 0 saturated heterocycles. The molecular weight excluding hydrogens is 445 g/mol. The standard InChI is InChI=1S/C21H15F3N4OS2/c22-21(23,24)15-5-1-13(2-6-15)11-17-12-26-19(31-17)27-18(29)14-3-7-16(8-4-14)28-10-9-25-20(28)30/h1-10,12H,11H2,(H,25,30)(H,26,27,29). The van der Waals surface area contributed by atoms with Gasteiger partial charge in [0, 0.05) is 41.1 Å². The molecule has 0 spiro atoms. The highest BCUT2D eigenvalue weighted by molar-refractivity contribution is 7.71. The number of benzene rings is 2. The van der Waals surface area contributed by atoms with Gasteiger partial charge in [0.15, 0.2) is 9.90 Å². The van der Waals surface area contributed by atoms with Crippen molar-refractivity contribution in [1.29, 1.82) is 0 Å². The Bertz CT molecular complexity index is 1260. The van der Waals surface area contributed by atoms with Gasteiger partial charge < -0.3 is 4.98 Å². The minimum absolute atomic E-state index is 0.306. The number of carbonyl (C=O) groups excluding carboxylic acids is 1. The molecule has 2 heterocycles. The van der Waals surface area contributed by atoms with Crippen LogP contribution in [-0.4, -0.2) is 20.4 Å². The van der Waals surface area contributed by atoms with Crippen molar-refractivity contribution >= 4 is 34.6 Å². The Hall–Kier alpha value is -3.24. The molecule has 0 saturated carbocycles. The van der Waals surface area contributed by atoms with Gasteiger partial charge in [-0.2, -0.15) is 13.2 Å².